The molecule has 1 amide bonds. The molecule has 1 aromatic heterocycles. The van der Waals surface area contributed by atoms with Gasteiger partial charge in [-0.15, -0.1) is 0 Å². The van der Waals surface area contributed by atoms with E-state index in [0.717, 1.165) is 5.56 Å². The largest absolute Gasteiger partial charge is 0.465 e. The predicted molar refractivity (Wildman–Crippen MR) is 88.6 cm³/mol. The number of aromatic amines is 1. The third-order valence-electron chi connectivity index (χ3n) is 4.22. The number of hydrogen-bond acceptors (Lipinski definition) is 3. The van der Waals surface area contributed by atoms with E-state index in [1.165, 1.54) is 7.11 Å². The lowest BCUT2D eigenvalue weighted by atomic mass is 10.1. The molecule has 0 saturated carbocycles. The number of nitrogens with zero attached hydrogens (tertiary/aromatic N) is 1. The SMILES string of the molecule is COC(=O)c1c(C)[nH]c(C(=O)N(C)[C@H](C)c2ccccc2)c1C. The van der Waals surface area contributed by atoms with Crippen LogP contribution in [0.2, 0.25) is 0 Å². The Morgan fingerprint density at radius 2 is 1.78 bits per heavy atom. The second-order valence-electron chi connectivity index (χ2n) is 5.62. The maximum Gasteiger partial charge on any atom is 0.339 e. The number of methoxy groups -OCH3 is 1. The first kappa shape index (κ1) is 16.8. The van der Waals surface area contributed by atoms with Crippen molar-refractivity contribution >= 4 is 11.9 Å². The Kier molecular flexibility index (Phi) is 4.89. The number of aromatic nitrogens is 1. The van der Waals surface area contributed by atoms with Gasteiger partial charge in [0.05, 0.1) is 18.7 Å². The molecule has 1 atom stereocenters. The highest BCUT2D eigenvalue weighted by molar-refractivity contribution is 6.00. The molecular formula is C18H22N2O3. The molecule has 0 spiro atoms. The first-order chi connectivity index (χ1) is 10.9. The van der Waals surface area contributed by atoms with Crippen LogP contribution in [0.25, 0.3) is 0 Å². The normalized spacial score (nSPS) is 11.9. The van der Waals surface area contributed by atoms with E-state index >= 15 is 0 Å². The van der Waals surface area contributed by atoms with E-state index in [4.69, 9.17) is 4.74 Å². The number of nitrogens with one attached hydrogen (secondary N) is 1. The Hall–Kier alpha value is -2.56. The monoisotopic (exact) mass is 314 g/mol. The quantitative estimate of drug-likeness (QED) is 0.881. The fourth-order valence-corrected chi connectivity index (χ4v) is 2.68. The number of benzene rings is 1. The zero-order valence-electron chi connectivity index (χ0n) is 14.1. The Labute approximate surface area is 136 Å². The van der Waals surface area contributed by atoms with Crippen LogP contribution in [0.5, 0.6) is 0 Å². The summed E-state index contributed by atoms with van der Waals surface area (Å²) in [4.78, 5) is 29.3. The Bertz CT molecular complexity index is 719. The maximum atomic E-state index is 12.8. The van der Waals surface area contributed by atoms with Crippen molar-refractivity contribution in [1.82, 2.24) is 9.88 Å². The van der Waals surface area contributed by atoms with E-state index in [9.17, 15) is 9.59 Å². The molecule has 23 heavy (non-hydrogen) atoms. The molecule has 0 bridgehead atoms. The van der Waals surface area contributed by atoms with Gasteiger partial charge in [-0.05, 0) is 31.9 Å². The third-order valence-corrected chi connectivity index (χ3v) is 4.22. The predicted octanol–water partition coefficient (Wildman–Crippen LogP) is 3.25. The van der Waals surface area contributed by atoms with Crippen molar-refractivity contribution in [2.24, 2.45) is 0 Å². The number of aryl methyl sites for hydroxylation is 1. The zero-order valence-corrected chi connectivity index (χ0v) is 14.1. The number of rotatable bonds is 4. The smallest absolute Gasteiger partial charge is 0.339 e. The Balaban J connectivity index is 2.32. The van der Waals surface area contributed by atoms with E-state index < -0.39 is 5.97 Å². The van der Waals surface area contributed by atoms with Crippen molar-refractivity contribution < 1.29 is 14.3 Å². The lowest BCUT2D eigenvalue weighted by Crippen LogP contribution is -2.30. The second-order valence-corrected chi connectivity index (χ2v) is 5.62. The molecule has 0 fully saturated rings. The van der Waals surface area contributed by atoms with Crippen molar-refractivity contribution in [1.29, 1.82) is 0 Å². The summed E-state index contributed by atoms with van der Waals surface area (Å²) >= 11 is 0. The molecule has 1 aromatic carbocycles. The molecule has 2 rings (SSSR count). The Morgan fingerprint density at radius 1 is 1.17 bits per heavy atom. The van der Waals surface area contributed by atoms with Crippen molar-refractivity contribution in [2.75, 3.05) is 14.2 Å². The number of carbonyl (C=O) groups is 2. The van der Waals surface area contributed by atoms with Crippen LogP contribution in [0, 0.1) is 13.8 Å². The summed E-state index contributed by atoms with van der Waals surface area (Å²) in [5.74, 6) is -0.592. The molecule has 122 valence electrons. The highest BCUT2D eigenvalue weighted by Gasteiger charge is 2.26. The highest BCUT2D eigenvalue weighted by atomic mass is 16.5. The Morgan fingerprint density at radius 3 is 2.35 bits per heavy atom. The summed E-state index contributed by atoms with van der Waals surface area (Å²) in [7, 11) is 3.09. The van der Waals surface area contributed by atoms with Gasteiger partial charge in [0.2, 0.25) is 0 Å². The number of amides is 1. The molecule has 1 heterocycles. The van der Waals surface area contributed by atoms with E-state index in [1.54, 1.807) is 25.8 Å². The summed E-state index contributed by atoms with van der Waals surface area (Å²) < 4.78 is 4.78. The van der Waals surface area contributed by atoms with Crippen LogP contribution in [-0.2, 0) is 4.74 Å². The van der Waals surface area contributed by atoms with Gasteiger partial charge >= 0.3 is 5.97 Å². The molecule has 1 N–H and O–H groups in total. The molecule has 0 aliphatic heterocycles. The molecule has 0 saturated heterocycles. The first-order valence-corrected chi connectivity index (χ1v) is 7.48. The summed E-state index contributed by atoms with van der Waals surface area (Å²) in [6, 6.07) is 9.74. The van der Waals surface area contributed by atoms with Crippen LogP contribution in [0.4, 0.5) is 0 Å². The van der Waals surface area contributed by atoms with Crippen LogP contribution in [0.15, 0.2) is 30.3 Å². The fourth-order valence-electron chi connectivity index (χ4n) is 2.68. The van der Waals surface area contributed by atoms with Gasteiger partial charge in [-0.3, -0.25) is 4.79 Å². The molecule has 0 aliphatic rings. The van der Waals surface area contributed by atoms with E-state index in [-0.39, 0.29) is 11.9 Å². The van der Waals surface area contributed by atoms with Crippen LogP contribution >= 0.6 is 0 Å². The summed E-state index contributed by atoms with van der Waals surface area (Å²) in [6.45, 7) is 5.49. The van der Waals surface area contributed by atoms with E-state index in [2.05, 4.69) is 4.98 Å². The minimum atomic E-state index is -0.436. The highest BCUT2D eigenvalue weighted by Crippen LogP contribution is 2.24. The molecule has 2 aromatic rings. The van der Waals surface area contributed by atoms with Gasteiger partial charge in [0.1, 0.15) is 5.69 Å². The standard InChI is InChI=1S/C18H22N2O3/c1-11-15(18(22)23-5)12(2)19-16(11)17(21)20(4)13(3)14-9-7-6-8-10-14/h6-10,13,19H,1-5H3/t13-/m1/s1. The lowest BCUT2D eigenvalue weighted by Gasteiger charge is -2.25. The number of hydrogen-bond donors (Lipinski definition) is 1. The van der Waals surface area contributed by atoms with Gasteiger partial charge in [0, 0.05) is 12.7 Å². The van der Waals surface area contributed by atoms with Crippen LogP contribution in [0.3, 0.4) is 0 Å². The fraction of sp³-hybridized carbons (Fsp3) is 0.333. The molecule has 0 unspecified atom stereocenters. The number of carbonyl (C=O) groups excluding carboxylic acids is 2. The van der Waals surface area contributed by atoms with Crippen molar-refractivity contribution in [3.05, 3.63) is 58.4 Å². The van der Waals surface area contributed by atoms with Gasteiger partial charge in [-0.2, -0.15) is 0 Å². The van der Waals surface area contributed by atoms with Crippen molar-refractivity contribution in [3.63, 3.8) is 0 Å². The summed E-state index contributed by atoms with van der Waals surface area (Å²) in [5.41, 5.74) is 3.16. The van der Waals surface area contributed by atoms with Gasteiger partial charge in [0.15, 0.2) is 0 Å². The van der Waals surface area contributed by atoms with E-state index in [1.807, 2.05) is 37.3 Å². The minimum absolute atomic E-state index is 0.0757. The molecule has 5 nitrogen and oxygen atoms in total. The van der Waals surface area contributed by atoms with Gasteiger partial charge in [-0.25, -0.2) is 4.79 Å². The number of ether oxygens (including phenoxy) is 1. The third kappa shape index (κ3) is 3.13. The first-order valence-electron chi connectivity index (χ1n) is 7.48. The van der Waals surface area contributed by atoms with E-state index in [0.29, 0.717) is 22.5 Å². The molecule has 0 radical (unpaired) electrons. The minimum Gasteiger partial charge on any atom is -0.465 e. The van der Waals surface area contributed by atoms with Crippen LogP contribution < -0.4 is 0 Å². The lowest BCUT2D eigenvalue weighted by molar-refractivity contribution is 0.0599. The second kappa shape index (κ2) is 6.69. The van der Waals surface area contributed by atoms with Crippen molar-refractivity contribution in [3.8, 4) is 0 Å². The van der Waals surface area contributed by atoms with Crippen molar-refractivity contribution in [2.45, 2.75) is 26.8 Å². The van der Waals surface area contributed by atoms with Crippen LogP contribution in [-0.4, -0.2) is 35.9 Å². The number of esters is 1. The molecular weight excluding hydrogens is 292 g/mol. The maximum absolute atomic E-state index is 12.8. The molecule has 5 heteroatoms. The topological polar surface area (TPSA) is 62.4 Å². The average Bonchev–Trinajstić information content (AvgIpc) is 2.87. The molecule has 0 aliphatic carbocycles. The number of H-pyrrole nitrogens is 1. The summed E-state index contributed by atoms with van der Waals surface area (Å²) in [5, 5.41) is 0. The summed E-state index contributed by atoms with van der Waals surface area (Å²) in [6.07, 6.45) is 0. The van der Waals surface area contributed by atoms with Gasteiger partial charge < -0.3 is 14.6 Å². The zero-order chi connectivity index (χ0) is 17.1. The average molecular weight is 314 g/mol. The van der Waals surface area contributed by atoms with Gasteiger partial charge in [0.25, 0.3) is 5.91 Å². The van der Waals surface area contributed by atoms with Gasteiger partial charge in [-0.1, -0.05) is 30.3 Å². The van der Waals surface area contributed by atoms with Crippen LogP contribution in [0.1, 0.15) is 50.6 Å².